The van der Waals surface area contributed by atoms with Crippen molar-refractivity contribution in [3.8, 4) is 17.3 Å². The minimum absolute atomic E-state index is 0.0593. The van der Waals surface area contributed by atoms with Crippen LogP contribution in [0, 0.1) is 18.3 Å². The maximum absolute atomic E-state index is 12.4. The zero-order valence-electron chi connectivity index (χ0n) is 17.1. The highest BCUT2D eigenvalue weighted by Gasteiger charge is 2.10. The maximum Gasteiger partial charge on any atom is 0.225 e. The van der Waals surface area contributed by atoms with Gasteiger partial charge in [-0.1, -0.05) is 60.2 Å². The molecule has 1 amide bonds. The molecule has 0 aliphatic carbocycles. The average molecular weight is 424 g/mol. The van der Waals surface area contributed by atoms with Gasteiger partial charge in [0.1, 0.15) is 11.1 Å². The quantitative estimate of drug-likeness (QED) is 0.375. The highest BCUT2D eigenvalue weighted by molar-refractivity contribution is 7.99. The van der Waals surface area contributed by atoms with Crippen LogP contribution in [-0.2, 0) is 4.79 Å². The lowest BCUT2D eigenvalue weighted by Crippen LogP contribution is -2.12. The zero-order valence-corrected chi connectivity index (χ0v) is 17.9. The molecule has 0 bridgehead atoms. The lowest BCUT2D eigenvalue weighted by atomic mass is 10.1. The lowest BCUT2D eigenvalue weighted by Gasteiger charge is -2.08. The number of pyridine rings is 1. The van der Waals surface area contributed by atoms with Crippen molar-refractivity contribution in [2.75, 3.05) is 11.1 Å². The fourth-order valence-electron chi connectivity index (χ4n) is 3.25. The number of anilines is 1. The molecule has 0 radical (unpaired) electrons. The molecule has 0 aliphatic heterocycles. The molecule has 152 valence electrons. The van der Waals surface area contributed by atoms with Gasteiger partial charge in [-0.2, -0.15) is 5.26 Å². The third kappa shape index (κ3) is 5.11. The summed E-state index contributed by atoms with van der Waals surface area (Å²) in [6.45, 7) is 2.04. The first-order valence-corrected chi connectivity index (χ1v) is 11.0. The van der Waals surface area contributed by atoms with Gasteiger partial charge in [0.2, 0.25) is 5.91 Å². The molecule has 3 aromatic carbocycles. The number of thioether (sulfide) groups is 1. The highest BCUT2D eigenvalue weighted by atomic mass is 32.2. The molecule has 4 rings (SSSR count). The van der Waals surface area contributed by atoms with Crippen molar-refractivity contribution in [1.82, 2.24) is 4.98 Å². The van der Waals surface area contributed by atoms with Gasteiger partial charge < -0.3 is 5.32 Å². The number of aromatic nitrogens is 1. The second-order valence-electron chi connectivity index (χ2n) is 7.24. The zero-order chi connectivity index (χ0) is 21.6. The summed E-state index contributed by atoms with van der Waals surface area (Å²) in [6.07, 6.45) is 0.332. The van der Waals surface area contributed by atoms with Gasteiger partial charge in [0.15, 0.2) is 0 Å². The third-order valence-corrected chi connectivity index (χ3v) is 5.92. The van der Waals surface area contributed by atoms with Crippen molar-refractivity contribution < 1.29 is 4.79 Å². The Bertz CT molecular complexity index is 1280. The second kappa shape index (κ2) is 9.46. The van der Waals surface area contributed by atoms with Crippen LogP contribution >= 0.6 is 11.8 Å². The smallest absolute Gasteiger partial charge is 0.225 e. The van der Waals surface area contributed by atoms with Gasteiger partial charge >= 0.3 is 0 Å². The second-order valence-corrected chi connectivity index (χ2v) is 8.32. The molecule has 0 saturated carbocycles. The Morgan fingerprint density at radius 3 is 2.55 bits per heavy atom. The van der Waals surface area contributed by atoms with Crippen LogP contribution in [0.2, 0.25) is 0 Å². The summed E-state index contributed by atoms with van der Waals surface area (Å²) < 4.78 is 0. The number of aryl methyl sites for hydroxylation is 1. The van der Waals surface area contributed by atoms with Crippen LogP contribution in [0.3, 0.4) is 0 Å². The van der Waals surface area contributed by atoms with Gasteiger partial charge in [-0.15, -0.1) is 11.8 Å². The van der Waals surface area contributed by atoms with Gasteiger partial charge in [0.05, 0.1) is 11.3 Å². The van der Waals surface area contributed by atoms with Gasteiger partial charge in [0.25, 0.3) is 0 Å². The van der Waals surface area contributed by atoms with Crippen LogP contribution in [0.25, 0.3) is 22.0 Å². The number of carbonyl (C=O) groups is 1. The number of amides is 1. The van der Waals surface area contributed by atoms with E-state index < -0.39 is 0 Å². The molecular weight excluding hydrogens is 402 g/mol. The van der Waals surface area contributed by atoms with Crippen LogP contribution in [0.5, 0.6) is 0 Å². The number of nitriles is 1. The number of nitrogens with one attached hydrogen (secondary N) is 1. The van der Waals surface area contributed by atoms with Gasteiger partial charge in [-0.25, -0.2) is 4.98 Å². The SMILES string of the molecule is Cc1ccc(-c2ccc(C#N)c(SCCC(=O)Nc3ccc4ccccc4c3)n2)cc1. The molecule has 4 nitrogen and oxygen atoms in total. The van der Waals surface area contributed by atoms with E-state index in [4.69, 9.17) is 0 Å². The van der Waals surface area contributed by atoms with Crippen molar-refractivity contribution in [3.05, 3.63) is 90.0 Å². The molecule has 0 spiro atoms. The molecule has 4 aromatic rings. The molecule has 0 aliphatic rings. The highest BCUT2D eigenvalue weighted by Crippen LogP contribution is 2.26. The van der Waals surface area contributed by atoms with Crippen LogP contribution in [0.1, 0.15) is 17.5 Å². The lowest BCUT2D eigenvalue weighted by molar-refractivity contribution is -0.115. The Balaban J connectivity index is 1.40. The Morgan fingerprint density at radius 1 is 1.00 bits per heavy atom. The monoisotopic (exact) mass is 423 g/mol. The van der Waals surface area contributed by atoms with Crippen LogP contribution in [0.4, 0.5) is 5.69 Å². The number of hydrogen-bond acceptors (Lipinski definition) is 4. The Labute approximate surface area is 185 Å². The summed E-state index contributed by atoms with van der Waals surface area (Å²) >= 11 is 1.43. The van der Waals surface area contributed by atoms with Crippen molar-refractivity contribution >= 4 is 34.1 Å². The van der Waals surface area contributed by atoms with Crippen molar-refractivity contribution in [2.24, 2.45) is 0 Å². The molecule has 0 saturated heterocycles. The van der Waals surface area contributed by atoms with E-state index in [1.54, 1.807) is 6.07 Å². The standard InChI is InChI=1S/C26H21N3OS/c1-18-6-8-20(9-7-18)24-13-11-22(17-27)26(29-24)31-15-14-25(30)28-23-12-10-19-4-2-3-5-21(19)16-23/h2-13,16H,14-15H2,1H3,(H,28,30). The number of fused-ring (bicyclic) bond motifs is 1. The first-order chi connectivity index (χ1) is 15.1. The molecule has 5 heteroatoms. The van der Waals surface area contributed by atoms with Gasteiger partial charge in [-0.05, 0) is 42.0 Å². The van der Waals surface area contributed by atoms with Crippen LogP contribution in [-0.4, -0.2) is 16.6 Å². The number of nitrogens with zero attached hydrogens (tertiary/aromatic N) is 2. The topological polar surface area (TPSA) is 65.8 Å². The summed E-state index contributed by atoms with van der Waals surface area (Å²) in [7, 11) is 0. The van der Waals surface area contributed by atoms with Crippen molar-refractivity contribution in [2.45, 2.75) is 18.4 Å². The first-order valence-electron chi connectivity index (χ1n) is 10.0. The van der Waals surface area contributed by atoms with Crippen LogP contribution in [0.15, 0.2) is 83.9 Å². The average Bonchev–Trinajstić information content (AvgIpc) is 2.79. The predicted molar refractivity (Wildman–Crippen MR) is 127 cm³/mol. The van der Waals surface area contributed by atoms with Crippen LogP contribution < -0.4 is 5.32 Å². The van der Waals surface area contributed by atoms with E-state index in [2.05, 4.69) is 16.4 Å². The van der Waals surface area contributed by atoms with Gasteiger partial charge in [-0.3, -0.25) is 4.79 Å². The van der Waals surface area contributed by atoms with Crippen molar-refractivity contribution in [3.63, 3.8) is 0 Å². The van der Waals surface area contributed by atoms with E-state index in [1.165, 1.54) is 17.3 Å². The molecule has 0 atom stereocenters. The molecule has 1 heterocycles. The van der Waals surface area contributed by atoms with E-state index in [0.717, 1.165) is 27.7 Å². The summed E-state index contributed by atoms with van der Waals surface area (Å²) in [5, 5.41) is 15.3. The van der Waals surface area contributed by atoms with Gasteiger partial charge in [0, 0.05) is 23.4 Å². The summed E-state index contributed by atoms with van der Waals surface area (Å²) in [6, 6.07) is 27.9. The molecule has 31 heavy (non-hydrogen) atoms. The van der Waals surface area contributed by atoms with E-state index in [0.29, 0.717) is 22.8 Å². The molecule has 1 N–H and O–H groups in total. The van der Waals surface area contributed by atoms with E-state index >= 15 is 0 Å². The third-order valence-electron chi connectivity index (χ3n) is 4.93. The largest absolute Gasteiger partial charge is 0.326 e. The number of benzene rings is 3. The fraction of sp³-hybridized carbons (Fsp3) is 0.115. The molecule has 0 fully saturated rings. The van der Waals surface area contributed by atoms with E-state index in [-0.39, 0.29) is 5.91 Å². The number of rotatable bonds is 6. The minimum atomic E-state index is -0.0593. The molecular formula is C26H21N3OS. The maximum atomic E-state index is 12.4. The minimum Gasteiger partial charge on any atom is -0.326 e. The fourth-order valence-corrected chi connectivity index (χ4v) is 4.16. The number of carbonyl (C=O) groups excluding carboxylic acids is 1. The summed E-state index contributed by atoms with van der Waals surface area (Å²) in [5.74, 6) is 0.481. The molecule has 1 aromatic heterocycles. The Hall–Kier alpha value is -3.62. The Morgan fingerprint density at radius 2 is 1.77 bits per heavy atom. The van der Waals surface area contributed by atoms with Crippen molar-refractivity contribution in [1.29, 1.82) is 5.26 Å². The summed E-state index contributed by atoms with van der Waals surface area (Å²) in [4.78, 5) is 17.1. The Kier molecular flexibility index (Phi) is 6.30. The predicted octanol–water partition coefficient (Wildman–Crippen LogP) is 6.20. The normalized spacial score (nSPS) is 10.6. The van der Waals surface area contributed by atoms with E-state index in [9.17, 15) is 10.1 Å². The first kappa shape index (κ1) is 20.6. The van der Waals surface area contributed by atoms with E-state index in [1.807, 2.05) is 79.7 Å². The number of hydrogen-bond donors (Lipinski definition) is 1. The molecule has 0 unspecified atom stereocenters. The summed E-state index contributed by atoms with van der Waals surface area (Å²) in [5.41, 5.74) is 4.32.